The summed E-state index contributed by atoms with van der Waals surface area (Å²) in [5, 5.41) is 13.2. The Hall–Kier alpha value is -2.69. The first-order valence-electron chi connectivity index (χ1n) is 11.1. The van der Waals surface area contributed by atoms with E-state index in [0.29, 0.717) is 5.75 Å². The number of halogens is 5. The normalized spacial score (nSPS) is 21.4. The van der Waals surface area contributed by atoms with Crippen LogP contribution in [0.15, 0.2) is 42.5 Å². The highest BCUT2D eigenvalue weighted by Gasteiger charge is 2.63. The van der Waals surface area contributed by atoms with Gasteiger partial charge < -0.3 is 24.8 Å². The first-order chi connectivity index (χ1) is 16.9. The maximum absolute atomic E-state index is 14.1. The van der Waals surface area contributed by atoms with Gasteiger partial charge in [-0.2, -0.15) is 13.2 Å². The average Bonchev–Trinajstić information content (AvgIpc) is 2.84. The molecule has 0 aromatic heterocycles. The van der Waals surface area contributed by atoms with Gasteiger partial charge >= 0.3 is 12.3 Å². The first kappa shape index (κ1) is 26.4. The Labute approximate surface area is 215 Å². The summed E-state index contributed by atoms with van der Waals surface area (Å²) in [5.74, 6) is -1.34. The molecule has 0 aliphatic carbocycles. The Bertz CT molecular complexity index is 1170. The van der Waals surface area contributed by atoms with Crippen LogP contribution < -0.4 is 10.1 Å². The summed E-state index contributed by atoms with van der Waals surface area (Å²) in [4.78, 5) is 26.3. The van der Waals surface area contributed by atoms with Crippen molar-refractivity contribution in [3.8, 4) is 5.75 Å². The number of para-hydroxylation sites is 1. The van der Waals surface area contributed by atoms with Gasteiger partial charge in [0.15, 0.2) is 0 Å². The largest absolute Gasteiger partial charge is 0.496 e. The molecule has 0 radical (unpaired) electrons. The number of likely N-dealkylation sites (tertiary alicyclic amines) is 1. The molecule has 2 saturated heterocycles. The summed E-state index contributed by atoms with van der Waals surface area (Å²) in [6.07, 6.45) is -5.87. The number of carbonyl (C=O) groups excluding carboxylic acids is 2. The van der Waals surface area contributed by atoms with Gasteiger partial charge in [-0.3, -0.25) is 4.79 Å². The van der Waals surface area contributed by atoms with Gasteiger partial charge in [-0.15, -0.1) is 0 Å². The van der Waals surface area contributed by atoms with Crippen molar-refractivity contribution in [2.75, 3.05) is 26.7 Å². The molecule has 2 heterocycles. The lowest BCUT2D eigenvalue weighted by molar-refractivity contribution is -0.262. The summed E-state index contributed by atoms with van der Waals surface area (Å²) in [6, 6.07) is 10.0. The van der Waals surface area contributed by atoms with Gasteiger partial charge in [0, 0.05) is 49.5 Å². The minimum Gasteiger partial charge on any atom is -0.496 e. The number of nitrogens with zero attached hydrogens (tertiary/aromatic N) is 1. The number of rotatable bonds is 4. The lowest BCUT2D eigenvalue weighted by atomic mass is 9.74. The summed E-state index contributed by atoms with van der Waals surface area (Å²) in [6.45, 7) is -0.141. The van der Waals surface area contributed by atoms with Crippen LogP contribution in [0.3, 0.4) is 0 Å². The lowest BCUT2D eigenvalue weighted by Crippen LogP contribution is -2.62. The molecule has 2 aromatic rings. The van der Waals surface area contributed by atoms with Crippen LogP contribution in [0.5, 0.6) is 5.75 Å². The number of amides is 2. The zero-order valence-electron chi connectivity index (χ0n) is 19.1. The molecule has 2 amide bonds. The average molecular weight is 547 g/mol. The topological polar surface area (TPSA) is 88.1 Å². The molecule has 12 heteroatoms. The highest BCUT2D eigenvalue weighted by Crippen LogP contribution is 2.47. The minimum atomic E-state index is -5.34. The molecule has 1 spiro atoms. The summed E-state index contributed by atoms with van der Waals surface area (Å²) < 4.78 is 53.6. The number of carbonyl (C=O) groups is 2. The highest BCUT2D eigenvalue weighted by molar-refractivity contribution is 6.42. The Morgan fingerprint density at radius 2 is 1.83 bits per heavy atom. The highest BCUT2D eigenvalue weighted by atomic mass is 35.5. The fourth-order valence-electron chi connectivity index (χ4n) is 4.91. The Morgan fingerprint density at radius 3 is 2.44 bits per heavy atom. The van der Waals surface area contributed by atoms with Crippen molar-refractivity contribution in [1.29, 1.82) is 0 Å². The van der Waals surface area contributed by atoms with Gasteiger partial charge in [-0.05, 0) is 18.2 Å². The van der Waals surface area contributed by atoms with Gasteiger partial charge in [0.05, 0.1) is 17.2 Å². The van der Waals surface area contributed by atoms with Crippen LogP contribution in [0.2, 0.25) is 10.0 Å². The van der Waals surface area contributed by atoms with Crippen LogP contribution in [-0.2, 0) is 15.1 Å². The van der Waals surface area contributed by atoms with Gasteiger partial charge in [0.1, 0.15) is 11.4 Å². The Morgan fingerprint density at radius 1 is 1.17 bits per heavy atom. The van der Waals surface area contributed by atoms with E-state index in [4.69, 9.17) is 32.7 Å². The van der Waals surface area contributed by atoms with E-state index >= 15 is 0 Å². The maximum atomic E-state index is 14.1. The van der Waals surface area contributed by atoms with Gasteiger partial charge in [0.2, 0.25) is 0 Å². The van der Waals surface area contributed by atoms with E-state index in [1.54, 1.807) is 18.2 Å². The monoisotopic (exact) mass is 546 g/mol. The molecule has 7 nitrogen and oxygen atoms in total. The van der Waals surface area contributed by atoms with E-state index in [9.17, 15) is 27.9 Å². The number of benzene rings is 2. The molecule has 2 atom stereocenters. The standard InChI is InChI=1S/C24H23Cl2F3N2O5/c1-35-19-5-3-2-4-15(19)16-13-30-21(33)36-22(16)8-10-31(11-9-22)20(32)23(34,24(27,28)29)14-6-7-17(25)18(26)12-14/h2-7,12,16,34H,8-11,13H2,1H3,(H,30,33)/t16?,23-/m0/s1. The van der Waals surface area contributed by atoms with Crippen molar-refractivity contribution in [3.63, 3.8) is 0 Å². The van der Waals surface area contributed by atoms with Crippen molar-refractivity contribution in [2.24, 2.45) is 0 Å². The maximum Gasteiger partial charge on any atom is 0.430 e. The first-order valence-corrected chi connectivity index (χ1v) is 11.8. The third-order valence-corrected chi connectivity index (χ3v) is 7.59. The Balaban J connectivity index is 1.63. The minimum absolute atomic E-state index is 0.0209. The van der Waals surface area contributed by atoms with Crippen LogP contribution in [-0.4, -0.2) is 60.5 Å². The molecule has 0 bridgehead atoms. The number of piperidine rings is 1. The molecular formula is C24H23Cl2F3N2O5. The molecule has 1 unspecified atom stereocenters. The van der Waals surface area contributed by atoms with Crippen LogP contribution in [0.4, 0.5) is 18.0 Å². The predicted molar refractivity (Wildman–Crippen MR) is 125 cm³/mol. The number of alkyl carbamates (subject to hydrolysis) is 1. The van der Waals surface area contributed by atoms with Crippen LogP contribution in [0.25, 0.3) is 0 Å². The van der Waals surface area contributed by atoms with Crippen LogP contribution >= 0.6 is 23.2 Å². The van der Waals surface area contributed by atoms with E-state index in [1.165, 1.54) is 7.11 Å². The zero-order chi connectivity index (χ0) is 26.3. The van der Waals surface area contributed by atoms with Crippen molar-refractivity contribution >= 4 is 35.2 Å². The number of aliphatic hydroxyl groups is 1. The molecular weight excluding hydrogens is 524 g/mol. The van der Waals surface area contributed by atoms with Gasteiger partial charge in [0.25, 0.3) is 11.5 Å². The fraction of sp³-hybridized carbons (Fsp3) is 0.417. The molecule has 4 rings (SSSR count). The van der Waals surface area contributed by atoms with Crippen LogP contribution in [0, 0.1) is 0 Å². The molecule has 194 valence electrons. The van der Waals surface area contributed by atoms with E-state index < -0.39 is 34.9 Å². The molecule has 36 heavy (non-hydrogen) atoms. The van der Waals surface area contributed by atoms with Crippen molar-refractivity contribution < 1.29 is 37.3 Å². The quantitative estimate of drug-likeness (QED) is 0.583. The number of methoxy groups -OCH3 is 1. The number of hydrogen-bond donors (Lipinski definition) is 2. The smallest absolute Gasteiger partial charge is 0.430 e. The summed E-state index contributed by atoms with van der Waals surface area (Å²) in [7, 11) is 1.51. The second-order valence-corrected chi connectivity index (χ2v) is 9.57. The number of hydrogen-bond acceptors (Lipinski definition) is 5. The van der Waals surface area contributed by atoms with E-state index in [2.05, 4.69) is 5.32 Å². The third kappa shape index (κ3) is 4.46. The number of alkyl halides is 3. The molecule has 2 aliphatic rings. The molecule has 0 saturated carbocycles. The molecule has 2 fully saturated rings. The SMILES string of the molecule is COc1ccccc1C1CNC(=O)OC12CCN(C(=O)[C@@](O)(c1ccc(Cl)c(Cl)c1)C(F)(F)F)CC2. The van der Waals surface area contributed by atoms with Gasteiger partial charge in [-0.1, -0.05) is 47.5 Å². The van der Waals surface area contributed by atoms with Crippen LogP contribution in [0.1, 0.15) is 29.9 Å². The van der Waals surface area contributed by atoms with E-state index in [-0.39, 0.29) is 48.4 Å². The van der Waals surface area contributed by atoms with E-state index in [0.717, 1.165) is 28.7 Å². The Kier molecular flexibility index (Phi) is 7.07. The zero-order valence-corrected chi connectivity index (χ0v) is 20.6. The number of ether oxygens (including phenoxy) is 2. The van der Waals surface area contributed by atoms with Crippen molar-refractivity contribution in [3.05, 3.63) is 63.6 Å². The summed E-state index contributed by atoms with van der Waals surface area (Å²) in [5.41, 5.74) is -4.89. The lowest BCUT2D eigenvalue weighted by Gasteiger charge is -2.49. The van der Waals surface area contributed by atoms with Crippen molar-refractivity contribution in [2.45, 2.75) is 36.1 Å². The fourth-order valence-corrected chi connectivity index (χ4v) is 5.21. The van der Waals surface area contributed by atoms with E-state index in [1.807, 2.05) is 6.07 Å². The van der Waals surface area contributed by atoms with Crippen molar-refractivity contribution in [1.82, 2.24) is 10.2 Å². The molecule has 2 aromatic carbocycles. The molecule has 2 aliphatic heterocycles. The summed E-state index contributed by atoms with van der Waals surface area (Å²) >= 11 is 11.7. The second kappa shape index (κ2) is 9.64. The third-order valence-electron chi connectivity index (χ3n) is 6.85. The predicted octanol–water partition coefficient (Wildman–Crippen LogP) is 4.64. The molecule has 2 N–H and O–H groups in total. The second-order valence-electron chi connectivity index (χ2n) is 8.76. The van der Waals surface area contributed by atoms with Gasteiger partial charge in [-0.25, -0.2) is 4.79 Å². The number of nitrogens with one attached hydrogen (secondary N) is 1.